The monoisotopic (exact) mass is 279 g/mol. The molecule has 1 N–H and O–H groups in total. The van der Waals surface area contributed by atoms with Gasteiger partial charge in [0.25, 0.3) is 5.91 Å². The van der Waals surface area contributed by atoms with Gasteiger partial charge in [-0.05, 0) is 29.5 Å². The molecule has 2 aliphatic heterocycles. The van der Waals surface area contributed by atoms with E-state index in [1.54, 1.807) is 0 Å². The van der Waals surface area contributed by atoms with Crippen LogP contribution in [0.2, 0.25) is 0 Å². The van der Waals surface area contributed by atoms with Gasteiger partial charge < -0.3 is 10.0 Å². The summed E-state index contributed by atoms with van der Waals surface area (Å²) in [6.07, 6.45) is 0.893. The highest BCUT2D eigenvalue weighted by molar-refractivity contribution is 5.93. The van der Waals surface area contributed by atoms with Crippen LogP contribution in [0.25, 0.3) is 0 Å². The molecule has 4 rings (SSSR count). The van der Waals surface area contributed by atoms with Gasteiger partial charge in [0, 0.05) is 6.54 Å². The fourth-order valence-electron chi connectivity index (χ4n) is 3.86. The lowest BCUT2D eigenvalue weighted by molar-refractivity contribution is -0.180. The minimum absolute atomic E-state index is 0.157. The summed E-state index contributed by atoms with van der Waals surface area (Å²) in [6, 6.07) is 18.1. The minimum atomic E-state index is -0.987. The first kappa shape index (κ1) is 12.6. The second-order valence-corrected chi connectivity index (χ2v) is 5.79. The zero-order valence-electron chi connectivity index (χ0n) is 11.7. The standard InChI is InChI=1S/C18H17NO2/c20-16-17(21)19-12-6-8-13-7-4-5-11-15(13)18(16,19)14-9-2-1-3-10-14/h1-5,7,9-11,16,20H,6,8,12H2/t16-,18-/m1/s1. The Hall–Kier alpha value is -2.13. The van der Waals surface area contributed by atoms with Gasteiger partial charge >= 0.3 is 0 Å². The molecular formula is C18H17NO2. The molecule has 0 radical (unpaired) electrons. The Morgan fingerprint density at radius 1 is 1.05 bits per heavy atom. The van der Waals surface area contributed by atoms with Crippen LogP contribution in [0.1, 0.15) is 23.1 Å². The van der Waals surface area contributed by atoms with Crippen molar-refractivity contribution in [2.24, 2.45) is 0 Å². The SMILES string of the molecule is O=C1[C@@H](O)[C@@]2(c3ccccc3)c3ccccc3CCCN12. The maximum absolute atomic E-state index is 12.2. The Labute approximate surface area is 123 Å². The maximum Gasteiger partial charge on any atom is 0.255 e. The van der Waals surface area contributed by atoms with E-state index < -0.39 is 11.6 Å². The van der Waals surface area contributed by atoms with Crippen molar-refractivity contribution in [1.29, 1.82) is 0 Å². The summed E-state index contributed by atoms with van der Waals surface area (Å²) in [5.74, 6) is -0.157. The molecule has 0 aliphatic carbocycles. The highest BCUT2D eigenvalue weighted by Crippen LogP contribution is 2.49. The Morgan fingerprint density at radius 2 is 1.76 bits per heavy atom. The molecule has 1 amide bonds. The van der Waals surface area contributed by atoms with Crippen LogP contribution in [0.4, 0.5) is 0 Å². The number of carbonyl (C=O) groups excluding carboxylic acids is 1. The summed E-state index contributed by atoms with van der Waals surface area (Å²) in [6.45, 7) is 0.694. The van der Waals surface area contributed by atoms with E-state index in [0.717, 1.165) is 24.0 Å². The summed E-state index contributed by atoms with van der Waals surface area (Å²) in [7, 11) is 0. The van der Waals surface area contributed by atoms with E-state index in [1.165, 1.54) is 5.56 Å². The van der Waals surface area contributed by atoms with E-state index in [1.807, 2.05) is 47.4 Å². The first-order valence-electron chi connectivity index (χ1n) is 7.39. The first-order chi connectivity index (χ1) is 10.3. The van der Waals surface area contributed by atoms with Gasteiger partial charge in [-0.3, -0.25) is 4.79 Å². The third kappa shape index (κ3) is 1.49. The molecule has 3 nitrogen and oxygen atoms in total. The van der Waals surface area contributed by atoms with Gasteiger partial charge in [0.1, 0.15) is 5.54 Å². The maximum atomic E-state index is 12.2. The van der Waals surface area contributed by atoms with E-state index in [4.69, 9.17) is 0 Å². The second kappa shape index (κ2) is 4.43. The lowest BCUT2D eigenvalue weighted by Crippen LogP contribution is -2.72. The quantitative estimate of drug-likeness (QED) is 0.812. The van der Waals surface area contributed by atoms with Gasteiger partial charge in [-0.15, -0.1) is 0 Å². The van der Waals surface area contributed by atoms with Crippen molar-refractivity contribution in [3.8, 4) is 0 Å². The molecule has 0 aromatic heterocycles. The van der Waals surface area contributed by atoms with Crippen molar-refractivity contribution in [3.05, 3.63) is 71.3 Å². The van der Waals surface area contributed by atoms with Crippen LogP contribution >= 0.6 is 0 Å². The molecule has 3 heteroatoms. The number of hydrogen-bond donors (Lipinski definition) is 1. The number of benzene rings is 2. The summed E-state index contributed by atoms with van der Waals surface area (Å²) >= 11 is 0. The Kier molecular flexibility index (Phi) is 2.66. The van der Waals surface area contributed by atoms with E-state index in [-0.39, 0.29) is 5.91 Å². The molecule has 21 heavy (non-hydrogen) atoms. The zero-order valence-corrected chi connectivity index (χ0v) is 11.7. The van der Waals surface area contributed by atoms with Crippen LogP contribution in [-0.2, 0) is 16.8 Å². The van der Waals surface area contributed by atoms with Crippen LogP contribution in [0.5, 0.6) is 0 Å². The Balaban J connectivity index is 2.01. The molecule has 2 aliphatic rings. The summed E-state index contributed by atoms with van der Waals surface area (Å²) < 4.78 is 0. The topological polar surface area (TPSA) is 40.5 Å². The van der Waals surface area contributed by atoms with Gasteiger partial charge in [0.2, 0.25) is 0 Å². The summed E-state index contributed by atoms with van der Waals surface area (Å²) in [5, 5.41) is 10.6. The lowest BCUT2D eigenvalue weighted by Gasteiger charge is -2.55. The average Bonchev–Trinajstić information content (AvgIpc) is 2.70. The predicted molar refractivity (Wildman–Crippen MR) is 79.7 cm³/mol. The molecule has 0 unspecified atom stereocenters. The zero-order chi connectivity index (χ0) is 14.4. The highest BCUT2D eigenvalue weighted by atomic mass is 16.3. The molecular weight excluding hydrogens is 262 g/mol. The van der Waals surface area contributed by atoms with Gasteiger partial charge in [-0.2, -0.15) is 0 Å². The van der Waals surface area contributed by atoms with Crippen LogP contribution < -0.4 is 0 Å². The van der Waals surface area contributed by atoms with Crippen molar-refractivity contribution in [2.75, 3.05) is 6.54 Å². The number of hydrogen-bond acceptors (Lipinski definition) is 2. The number of fused-ring (bicyclic) bond motifs is 3. The van der Waals surface area contributed by atoms with Gasteiger partial charge in [0.15, 0.2) is 6.10 Å². The minimum Gasteiger partial charge on any atom is -0.380 e. The number of rotatable bonds is 1. The Morgan fingerprint density at radius 3 is 2.57 bits per heavy atom. The molecule has 0 bridgehead atoms. The fourth-order valence-corrected chi connectivity index (χ4v) is 3.86. The van der Waals surface area contributed by atoms with Crippen LogP contribution in [0.15, 0.2) is 54.6 Å². The van der Waals surface area contributed by atoms with Crippen molar-refractivity contribution >= 4 is 5.91 Å². The number of aliphatic hydroxyl groups excluding tert-OH is 1. The summed E-state index contributed by atoms with van der Waals surface area (Å²) in [5.41, 5.74) is 2.59. The van der Waals surface area contributed by atoms with Crippen molar-refractivity contribution < 1.29 is 9.90 Å². The van der Waals surface area contributed by atoms with Gasteiger partial charge in [-0.1, -0.05) is 54.6 Å². The Bertz CT molecular complexity index is 697. The normalized spacial score (nSPS) is 27.4. The highest BCUT2D eigenvalue weighted by Gasteiger charge is 2.62. The molecule has 0 saturated carbocycles. The van der Waals surface area contributed by atoms with Crippen LogP contribution in [-0.4, -0.2) is 28.6 Å². The molecule has 2 aromatic carbocycles. The molecule has 106 valence electrons. The smallest absolute Gasteiger partial charge is 0.255 e. The van der Waals surface area contributed by atoms with Crippen LogP contribution in [0, 0.1) is 0 Å². The summed E-state index contributed by atoms with van der Waals surface area (Å²) in [4.78, 5) is 14.1. The predicted octanol–water partition coefficient (Wildman–Crippen LogP) is 2.08. The molecule has 2 atom stereocenters. The van der Waals surface area contributed by atoms with Gasteiger partial charge in [-0.25, -0.2) is 0 Å². The fraction of sp³-hybridized carbons (Fsp3) is 0.278. The molecule has 1 fully saturated rings. The van der Waals surface area contributed by atoms with E-state index >= 15 is 0 Å². The molecule has 2 aromatic rings. The van der Waals surface area contributed by atoms with Crippen molar-refractivity contribution in [3.63, 3.8) is 0 Å². The number of amides is 1. The second-order valence-electron chi connectivity index (χ2n) is 5.79. The molecule has 2 heterocycles. The lowest BCUT2D eigenvalue weighted by atomic mass is 9.69. The largest absolute Gasteiger partial charge is 0.380 e. The third-order valence-corrected chi connectivity index (χ3v) is 4.79. The number of aliphatic hydroxyl groups is 1. The number of carbonyl (C=O) groups is 1. The first-order valence-corrected chi connectivity index (χ1v) is 7.39. The van der Waals surface area contributed by atoms with Crippen molar-refractivity contribution in [2.45, 2.75) is 24.5 Å². The third-order valence-electron chi connectivity index (χ3n) is 4.79. The number of β-lactam (4-membered cyclic amide) rings is 1. The van der Waals surface area contributed by atoms with Crippen LogP contribution in [0.3, 0.4) is 0 Å². The molecule has 1 saturated heterocycles. The van der Waals surface area contributed by atoms with E-state index in [0.29, 0.717) is 6.54 Å². The van der Waals surface area contributed by atoms with Gasteiger partial charge in [0.05, 0.1) is 0 Å². The van der Waals surface area contributed by atoms with E-state index in [2.05, 4.69) is 12.1 Å². The average molecular weight is 279 g/mol. The number of aryl methyl sites for hydroxylation is 1. The number of nitrogens with zero attached hydrogens (tertiary/aromatic N) is 1. The molecule has 0 spiro atoms. The van der Waals surface area contributed by atoms with Crippen molar-refractivity contribution in [1.82, 2.24) is 4.90 Å². The van der Waals surface area contributed by atoms with E-state index in [9.17, 15) is 9.90 Å².